The number of hydrogen-bond acceptors (Lipinski definition) is 5. The quantitative estimate of drug-likeness (QED) is 0.514. The van der Waals surface area contributed by atoms with E-state index in [0.717, 1.165) is 34.5 Å². The highest BCUT2D eigenvalue weighted by Crippen LogP contribution is 2.36. The summed E-state index contributed by atoms with van der Waals surface area (Å²) in [6.45, 7) is 8.70. The Balaban J connectivity index is 1.46. The summed E-state index contributed by atoms with van der Waals surface area (Å²) in [5.74, 6) is 2.28. The molecular formula is C26H37N3O2. The van der Waals surface area contributed by atoms with Crippen LogP contribution in [0.1, 0.15) is 67.8 Å². The number of carbonyl (C=O) groups excluding carboxylic acids is 1. The normalized spacial score (nSPS) is 17.8. The number of Topliss-reactive ketones (excluding diaryl/α,β-unsaturated/α-hetero) is 1. The third-order valence-corrected chi connectivity index (χ3v) is 6.90. The second-order valence-electron chi connectivity index (χ2n) is 9.45. The average Bonchev–Trinajstić information content (AvgIpc) is 3.60. The third-order valence-electron chi connectivity index (χ3n) is 6.90. The maximum Gasteiger partial charge on any atom is 0.166 e. The van der Waals surface area contributed by atoms with Gasteiger partial charge in [0, 0.05) is 25.1 Å². The number of piperidine rings is 1. The summed E-state index contributed by atoms with van der Waals surface area (Å²) in [5, 5.41) is 4.24. The minimum atomic E-state index is 0.194. The Labute approximate surface area is 186 Å². The number of benzene rings is 1. The molecule has 1 saturated carbocycles. The number of pyridine rings is 1. The van der Waals surface area contributed by atoms with Crippen molar-refractivity contribution in [3.8, 4) is 5.75 Å². The van der Waals surface area contributed by atoms with Gasteiger partial charge in [-0.25, -0.2) is 0 Å². The minimum absolute atomic E-state index is 0.194. The first-order chi connectivity index (χ1) is 15.1. The van der Waals surface area contributed by atoms with Gasteiger partial charge in [-0.15, -0.1) is 0 Å². The number of rotatable bonds is 10. The Bertz CT molecular complexity index is 914. The lowest BCUT2D eigenvalue weighted by Gasteiger charge is -2.31. The highest BCUT2D eigenvalue weighted by atomic mass is 16.5. The van der Waals surface area contributed by atoms with Gasteiger partial charge in [-0.1, -0.05) is 13.3 Å². The Morgan fingerprint density at radius 1 is 1.19 bits per heavy atom. The van der Waals surface area contributed by atoms with Gasteiger partial charge in [0.05, 0.1) is 23.4 Å². The summed E-state index contributed by atoms with van der Waals surface area (Å²) in [7, 11) is 1.88. The lowest BCUT2D eigenvalue weighted by molar-refractivity contribution is 0.0976. The van der Waals surface area contributed by atoms with Gasteiger partial charge in [-0.05, 0) is 88.2 Å². The van der Waals surface area contributed by atoms with Crippen molar-refractivity contribution in [1.82, 2.24) is 9.88 Å². The van der Waals surface area contributed by atoms with Crippen LogP contribution in [0.2, 0.25) is 0 Å². The van der Waals surface area contributed by atoms with Crippen LogP contribution >= 0.6 is 0 Å². The standard InChI is InChI=1S/C26H37N3O2/c1-4-5-10-29-11-8-20(9-12-29)17-31-25-15-21-23(13-18(25)2)28-16-22(26(21)27-3)24(30)14-19-6-7-19/h13,15-16,19-20H,4-12,14,17H2,1-3H3,(H,27,28). The van der Waals surface area contributed by atoms with Gasteiger partial charge in [0.2, 0.25) is 0 Å². The van der Waals surface area contributed by atoms with Crippen LogP contribution in [0.5, 0.6) is 5.75 Å². The van der Waals surface area contributed by atoms with Gasteiger partial charge in [0.15, 0.2) is 5.78 Å². The van der Waals surface area contributed by atoms with Crippen molar-refractivity contribution in [1.29, 1.82) is 0 Å². The fourth-order valence-electron chi connectivity index (χ4n) is 4.62. The molecule has 4 rings (SSSR count). The number of carbonyl (C=O) groups is 1. The van der Waals surface area contributed by atoms with Crippen LogP contribution in [0.25, 0.3) is 10.9 Å². The van der Waals surface area contributed by atoms with Gasteiger partial charge < -0.3 is 15.0 Å². The van der Waals surface area contributed by atoms with E-state index in [4.69, 9.17) is 4.74 Å². The largest absolute Gasteiger partial charge is 0.493 e. The average molecular weight is 424 g/mol. The van der Waals surface area contributed by atoms with Crippen molar-refractivity contribution < 1.29 is 9.53 Å². The molecule has 2 heterocycles. The number of nitrogens with one attached hydrogen (secondary N) is 1. The molecule has 5 heteroatoms. The molecule has 0 amide bonds. The zero-order chi connectivity index (χ0) is 21.8. The van der Waals surface area contributed by atoms with E-state index in [-0.39, 0.29) is 5.78 Å². The van der Waals surface area contributed by atoms with E-state index in [0.29, 0.717) is 23.8 Å². The highest BCUT2D eigenvalue weighted by Gasteiger charge is 2.27. The van der Waals surface area contributed by atoms with Crippen molar-refractivity contribution in [2.45, 2.75) is 58.8 Å². The lowest BCUT2D eigenvalue weighted by Crippen LogP contribution is -2.36. The Morgan fingerprint density at radius 3 is 2.65 bits per heavy atom. The first-order valence-electron chi connectivity index (χ1n) is 12.1. The Morgan fingerprint density at radius 2 is 1.97 bits per heavy atom. The predicted octanol–water partition coefficient (Wildman–Crippen LogP) is 5.46. The zero-order valence-corrected chi connectivity index (χ0v) is 19.4. The van der Waals surface area contributed by atoms with Gasteiger partial charge in [0.25, 0.3) is 0 Å². The zero-order valence-electron chi connectivity index (χ0n) is 19.4. The molecule has 0 radical (unpaired) electrons. The van der Waals surface area contributed by atoms with Gasteiger partial charge in [-0.3, -0.25) is 9.78 Å². The van der Waals surface area contributed by atoms with E-state index >= 15 is 0 Å². The number of fused-ring (bicyclic) bond motifs is 1. The van der Waals surface area contributed by atoms with E-state index in [1.807, 2.05) is 7.05 Å². The van der Waals surface area contributed by atoms with Crippen LogP contribution in [0, 0.1) is 18.8 Å². The smallest absolute Gasteiger partial charge is 0.166 e. The molecule has 0 spiro atoms. The molecule has 5 nitrogen and oxygen atoms in total. The van der Waals surface area contributed by atoms with Crippen molar-refractivity contribution in [2.75, 3.05) is 38.6 Å². The van der Waals surface area contributed by atoms with E-state index in [9.17, 15) is 4.79 Å². The molecule has 0 atom stereocenters. The Kier molecular flexibility index (Phi) is 7.11. The minimum Gasteiger partial charge on any atom is -0.493 e. The molecule has 2 fully saturated rings. The van der Waals surface area contributed by atoms with Crippen LogP contribution in [-0.4, -0.2) is 49.0 Å². The molecule has 2 aromatic rings. The topological polar surface area (TPSA) is 54.5 Å². The number of likely N-dealkylation sites (tertiary alicyclic amines) is 1. The molecule has 0 unspecified atom stereocenters. The van der Waals surface area contributed by atoms with Crippen molar-refractivity contribution >= 4 is 22.4 Å². The van der Waals surface area contributed by atoms with Crippen LogP contribution in [0.4, 0.5) is 5.69 Å². The fourth-order valence-corrected chi connectivity index (χ4v) is 4.62. The third kappa shape index (κ3) is 5.38. The molecule has 2 aliphatic rings. The number of hydrogen-bond donors (Lipinski definition) is 1. The fraction of sp³-hybridized carbons (Fsp3) is 0.615. The number of nitrogens with zero attached hydrogens (tertiary/aromatic N) is 2. The predicted molar refractivity (Wildman–Crippen MR) is 127 cm³/mol. The molecule has 1 aliphatic carbocycles. The monoisotopic (exact) mass is 423 g/mol. The SMILES string of the molecule is CCCCN1CCC(COc2cc3c(NC)c(C(=O)CC4CC4)cnc3cc2C)CC1. The molecule has 1 aliphatic heterocycles. The van der Waals surface area contributed by atoms with Gasteiger partial charge in [0.1, 0.15) is 5.75 Å². The van der Waals surface area contributed by atoms with Crippen LogP contribution in [-0.2, 0) is 0 Å². The number of ketones is 1. The summed E-state index contributed by atoms with van der Waals surface area (Å²) in [4.78, 5) is 20.0. The number of ether oxygens (including phenoxy) is 1. The number of unbranched alkanes of at least 4 members (excludes halogenated alkanes) is 1. The van der Waals surface area contributed by atoms with E-state index in [1.165, 1.54) is 58.2 Å². The van der Waals surface area contributed by atoms with E-state index in [2.05, 4.69) is 41.2 Å². The number of aryl methyl sites for hydroxylation is 1. The molecular weight excluding hydrogens is 386 g/mol. The highest BCUT2D eigenvalue weighted by molar-refractivity contribution is 6.08. The van der Waals surface area contributed by atoms with Crippen molar-refractivity contribution in [3.05, 3.63) is 29.5 Å². The van der Waals surface area contributed by atoms with Crippen molar-refractivity contribution in [2.24, 2.45) is 11.8 Å². The first-order valence-corrected chi connectivity index (χ1v) is 12.1. The number of aromatic nitrogens is 1. The molecule has 168 valence electrons. The van der Waals surface area contributed by atoms with Crippen LogP contribution in [0.3, 0.4) is 0 Å². The molecule has 31 heavy (non-hydrogen) atoms. The summed E-state index contributed by atoms with van der Waals surface area (Å²) < 4.78 is 6.32. The lowest BCUT2D eigenvalue weighted by atomic mass is 9.97. The van der Waals surface area contributed by atoms with E-state index < -0.39 is 0 Å². The van der Waals surface area contributed by atoms with Crippen LogP contribution in [0.15, 0.2) is 18.3 Å². The van der Waals surface area contributed by atoms with Crippen molar-refractivity contribution in [3.63, 3.8) is 0 Å². The Hall–Kier alpha value is -2.14. The second kappa shape index (κ2) is 9.99. The molecule has 1 saturated heterocycles. The summed E-state index contributed by atoms with van der Waals surface area (Å²) >= 11 is 0. The molecule has 1 aromatic carbocycles. The molecule has 1 aromatic heterocycles. The van der Waals surface area contributed by atoms with E-state index in [1.54, 1.807) is 6.20 Å². The maximum absolute atomic E-state index is 12.8. The van der Waals surface area contributed by atoms with Crippen LogP contribution < -0.4 is 10.1 Å². The first kappa shape index (κ1) is 22.1. The molecule has 0 bridgehead atoms. The van der Waals surface area contributed by atoms with Gasteiger partial charge in [-0.2, -0.15) is 0 Å². The second-order valence-corrected chi connectivity index (χ2v) is 9.45. The summed E-state index contributed by atoms with van der Waals surface area (Å²) in [6, 6.07) is 4.15. The summed E-state index contributed by atoms with van der Waals surface area (Å²) in [6.07, 6.45) is 9.71. The number of anilines is 1. The maximum atomic E-state index is 12.8. The summed E-state index contributed by atoms with van der Waals surface area (Å²) in [5.41, 5.74) is 3.58. The van der Waals surface area contributed by atoms with Gasteiger partial charge >= 0.3 is 0 Å². The molecule has 1 N–H and O–H groups in total.